The molecule has 0 amide bonds. The van der Waals surface area contributed by atoms with Crippen LogP contribution in [0.3, 0.4) is 0 Å². The first-order chi connectivity index (χ1) is 10.3. The van der Waals surface area contributed by atoms with Crippen molar-refractivity contribution in [3.63, 3.8) is 0 Å². The van der Waals surface area contributed by atoms with Crippen molar-refractivity contribution >= 4 is 11.5 Å². The second-order valence-corrected chi connectivity index (χ2v) is 5.47. The molecule has 1 aromatic rings. The normalized spacial score (nSPS) is 24.1. The Labute approximate surface area is 122 Å². The van der Waals surface area contributed by atoms with Crippen LogP contribution in [0.1, 0.15) is 0 Å². The Morgan fingerprint density at radius 3 is 2.71 bits per heavy atom. The third-order valence-corrected chi connectivity index (χ3v) is 4.14. The van der Waals surface area contributed by atoms with Gasteiger partial charge in [0.25, 0.3) is 0 Å². The lowest BCUT2D eigenvalue weighted by molar-refractivity contribution is 0.162. The van der Waals surface area contributed by atoms with Crippen molar-refractivity contribution < 1.29 is 9.13 Å². The maximum absolute atomic E-state index is 13.6. The number of fused-ring (bicyclic) bond motifs is 2. The van der Waals surface area contributed by atoms with Gasteiger partial charge in [-0.3, -0.25) is 0 Å². The molecule has 1 fully saturated rings. The van der Waals surface area contributed by atoms with Gasteiger partial charge in [-0.05, 0) is 29.5 Å². The average Bonchev–Trinajstić information content (AvgIpc) is 2.55. The molecule has 1 aromatic carbocycles. The molecule has 3 nitrogen and oxygen atoms in total. The van der Waals surface area contributed by atoms with Crippen LogP contribution in [-0.4, -0.2) is 37.2 Å². The summed E-state index contributed by atoms with van der Waals surface area (Å²) >= 11 is 0. The number of allylic oxidation sites excluding steroid dienone is 2. The van der Waals surface area contributed by atoms with Crippen molar-refractivity contribution in [1.82, 2.24) is 10.2 Å². The third-order valence-electron chi connectivity index (χ3n) is 4.14. The van der Waals surface area contributed by atoms with E-state index in [1.807, 2.05) is 18.2 Å². The standard InChI is InChI=1S/C17H17FN2O/c18-12-5-6-16-15(11-12)13-3-1-2-4-14(13)17(21-16)20-9-7-19-8-10-20/h1-6,11,16,19H,7-10H2. The van der Waals surface area contributed by atoms with Crippen LogP contribution in [-0.2, 0) is 4.74 Å². The summed E-state index contributed by atoms with van der Waals surface area (Å²) in [4.78, 5) is 2.27. The van der Waals surface area contributed by atoms with Crippen molar-refractivity contribution in [2.24, 2.45) is 0 Å². The zero-order chi connectivity index (χ0) is 14.2. The summed E-state index contributed by atoms with van der Waals surface area (Å²) in [6, 6.07) is 8.10. The first-order valence-electron chi connectivity index (χ1n) is 7.34. The molecule has 1 unspecified atom stereocenters. The predicted molar refractivity (Wildman–Crippen MR) is 80.2 cm³/mol. The number of halogens is 1. The lowest BCUT2D eigenvalue weighted by Crippen LogP contribution is -2.49. The summed E-state index contributed by atoms with van der Waals surface area (Å²) in [6.07, 6.45) is 4.67. The van der Waals surface area contributed by atoms with E-state index in [4.69, 9.17) is 4.74 Å². The maximum Gasteiger partial charge on any atom is 0.198 e. The highest BCUT2D eigenvalue weighted by Gasteiger charge is 2.26. The first kappa shape index (κ1) is 12.7. The molecule has 4 heteroatoms. The molecule has 3 aliphatic rings. The molecule has 1 atom stereocenters. The molecule has 0 spiro atoms. The number of hydrogen-bond donors (Lipinski definition) is 1. The molecule has 0 saturated carbocycles. The SMILES string of the molecule is FC1=CC2=c3ccccc3=C(N3CCNCC3)OC2C=C1. The van der Waals surface area contributed by atoms with Gasteiger partial charge in [0.15, 0.2) is 5.88 Å². The summed E-state index contributed by atoms with van der Waals surface area (Å²) in [5.41, 5.74) is 0.907. The van der Waals surface area contributed by atoms with Crippen LogP contribution in [0, 0.1) is 0 Å². The highest BCUT2D eigenvalue weighted by Crippen LogP contribution is 2.25. The van der Waals surface area contributed by atoms with Gasteiger partial charge in [-0.2, -0.15) is 0 Å². The molecule has 0 radical (unpaired) electrons. The van der Waals surface area contributed by atoms with E-state index < -0.39 is 0 Å². The van der Waals surface area contributed by atoms with Crippen LogP contribution >= 0.6 is 0 Å². The molecule has 1 N–H and O–H groups in total. The lowest BCUT2D eigenvalue weighted by atomic mass is 9.98. The number of ether oxygens (including phenoxy) is 1. The van der Waals surface area contributed by atoms with Crippen molar-refractivity contribution in [3.05, 3.63) is 58.8 Å². The zero-order valence-corrected chi connectivity index (χ0v) is 11.7. The Bertz CT molecular complexity index is 744. The highest BCUT2D eigenvalue weighted by atomic mass is 19.1. The van der Waals surface area contributed by atoms with Gasteiger partial charge < -0.3 is 15.0 Å². The number of rotatable bonds is 1. The summed E-state index contributed by atoms with van der Waals surface area (Å²) in [5, 5.41) is 5.48. The Balaban J connectivity index is 1.94. The minimum absolute atomic E-state index is 0.190. The second kappa shape index (κ2) is 5.04. The Morgan fingerprint density at radius 2 is 1.90 bits per heavy atom. The molecule has 4 rings (SSSR count). The second-order valence-electron chi connectivity index (χ2n) is 5.47. The fraction of sp³-hybridized carbons (Fsp3) is 0.294. The average molecular weight is 284 g/mol. The van der Waals surface area contributed by atoms with Crippen LogP contribution in [0.2, 0.25) is 0 Å². The van der Waals surface area contributed by atoms with Gasteiger partial charge in [-0.25, -0.2) is 4.39 Å². The molecule has 1 saturated heterocycles. The minimum atomic E-state index is -0.217. The van der Waals surface area contributed by atoms with Gasteiger partial charge in [0.2, 0.25) is 0 Å². The number of piperazine rings is 1. The van der Waals surface area contributed by atoms with E-state index in [2.05, 4.69) is 16.3 Å². The molecule has 0 bridgehead atoms. The number of hydrogen-bond acceptors (Lipinski definition) is 3. The monoisotopic (exact) mass is 284 g/mol. The van der Waals surface area contributed by atoms with E-state index in [-0.39, 0.29) is 11.9 Å². The van der Waals surface area contributed by atoms with Crippen LogP contribution < -0.4 is 15.8 Å². The summed E-state index contributed by atoms with van der Waals surface area (Å²) in [7, 11) is 0. The lowest BCUT2D eigenvalue weighted by Gasteiger charge is -2.35. The van der Waals surface area contributed by atoms with Crippen molar-refractivity contribution in [2.75, 3.05) is 26.2 Å². The zero-order valence-electron chi connectivity index (χ0n) is 11.7. The Hall–Kier alpha value is -2.07. The fourth-order valence-corrected chi connectivity index (χ4v) is 3.11. The number of nitrogens with one attached hydrogen (secondary N) is 1. The molecule has 108 valence electrons. The first-order valence-corrected chi connectivity index (χ1v) is 7.34. The smallest absolute Gasteiger partial charge is 0.198 e. The molecule has 2 aliphatic heterocycles. The predicted octanol–water partition coefficient (Wildman–Crippen LogP) is 0.630. The Kier molecular flexibility index (Phi) is 3.04. The van der Waals surface area contributed by atoms with E-state index in [9.17, 15) is 4.39 Å². The van der Waals surface area contributed by atoms with E-state index >= 15 is 0 Å². The summed E-state index contributed by atoms with van der Waals surface area (Å²) < 4.78 is 19.8. The van der Waals surface area contributed by atoms with E-state index in [1.54, 1.807) is 12.2 Å². The Morgan fingerprint density at radius 1 is 1.14 bits per heavy atom. The highest BCUT2D eigenvalue weighted by molar-refractivity contribution is 5.69. The number of benzene rings is 1. The van der Waals surface area contributed by atoms with Crippen LogP contribution in [0.25, 0.3) is 11.5 Å². The van der Waals surface area contributed by atoms with E-state index in [1.165, 1.54) is 6.08 Å². The molecule has 0 aromatic heterocycles. The van der Waals surface area contributed by atoms with Crippen molar-refractivity contribution in [2.45, 2.75) is 6.10 Å². The van der Waals surface area contributed by atoms with Crippen LogP contribution in [0.4, 0.5) is 4.39 Å². The van der Waals surface area contributed by atoms with Gasteiger partial charge >= 0.3 is 0 Å². The van der Waals surface area contributed by atoms with Crippen molar-refractivity contribution in [1.29, 1.82) is 0 Å². The van der Waals surface area contributed by atoms with Crippen molar-refractivity contribution in [3.8, 4) is 0 Å². The van der Waals surface area contributed by atoms with Crippen LogP contribution in [0.5, 0.6) is 0 Å². The van der Waals surface area contributed by atoms with Gasteiger partial charge in [0.05, 0.1) is 0 Å². The fourth-order valence-electron chi connectivity index (χ4n) is 3.11. The number of nitrogens with zero attached hydrogens (tertiary/aromatic N) is 1. The molecule has 21 heavy (non-hydrogen) atoms. The largest absolute Gasteiger partial charge is 0.466 e. The van der Waals surface area contributed by atoms with Gasteiger partial charge in [-0.1, -0.05) is 18.2 Å². The summed E-state index contributed by atoms with van der Waals surface area (Å²) in [6.45, 7) is 3.78. The topological polar surface area (TPSA) is 24.5 Å². The van der Waals surface area contributed by atoms with Gasteiger partial charge in [0.1, 0.15) is 11.9 Å². The third kappa shape index (κ3) is 2.16. The quantitative estimate of drug-likeness (QED) is 0.819. The molecular weight excluding hydrogens is 267 g/mol. The van der Waals surface area contributed by atoms with Gasteiger partial charge in [-0.15, -0.1) is 0 Å². The minimum Gasteiger partial charge on any atom is -0.466 e. The molecule has 1 aliphatic carbocycles. The molecule has 2 heterocycles. The van der Waals surface area contributed by atoms with E-state index in [0.717, 1.165) is 48.1 Å². The van der Waals surface area contributed by atoms with E-state index in [0.29, 0.717) is 0 Å². The molecular formula is C17H17FN2O. The van der Waals surface area contributed by atoms with Crippen LogP contribution in [0.15, 0.2) is 48.3 Å². The maximum atomic E-state index is 13.6. The summed E-state index contributed by atoms with van der Waals surface area (Å²) in [5.74, 6) is 0.700. The van der Waals surface area contributed by atoms with Gasteiger partial charge in [0, 0.05) is 37.0 Å².